The molecule has 0 saturated carbocycles. The van der Waals surface area contributed by atoms with Crippen molar-refractivity contribution in [1.82, 2.24) is 20.4 Å². The summed E-state index contributed by atoms with van der Waals surface area (Å²) < 4.78 is 7.63. The van der Waals surface area contributed by atoms with Crippen LogP contribution in [0.25, 0.3) is 0 Å². The van der Waals surface area contributed by atoms with Crippen LogP contribution in [-0.2, 0) is 13.1 Å². The summed E-state index contributed by atoms with van der Waals surface area (Å²) in [5.74, 6) is 1.42. The molecule has 1 unspecified atom stereocenters. The Kier molecular flexibility index (Phi) is 8.69. The van der Waals surface area contributed by atoms with Crippen molar-refractivity contribution in [3.63, 3.8) is 0 Å². The molecule has 32 heavy (non-hydrogen) atoms. The van der Waals surface area contributed by atoms with Crippen molar-refractivity contribution in [3.8, 4) is 5.75 Å². The maximum Gasteiger partial charge on any atom is 0.191 e. The third-order valence-corrected chi connectivity index (χ3v) is 4.84. The van der Waals surface area contributed by atoms with Gasteiger partial charge in [-0.2, -0.15) is 5.10 Å². The minimum Gasteiger partial charge on any atom is -0.491 e. The first-order chi connectivity index (χ1) is 15.5. The highest BCUT2D eigenvalue weighted by atomic mass is 16.5. The first kappa shape index (κ1) is 23.3. The molecule has 1 aromatic heterocycles. The number of aromatic nitrogens is 2. The van der Waals surface area contributed by atoms with Gasteiger partial charge in [-0.05, 0) is 55.7 Å². The Bertz CT molecular complexity index is 986. The van der Waals surface area contributed by atoms with Gasteiger partial charge in [-0.25, -0.2) is 4.99 Å². The lowest BCUT2D eigenvalue weighted by atomic mass is 10.1. The van der Waals surface area contributed by atoms with Crippen molar-refractivity contribution in [1.29, 1.82) is 0 Å². The number of hydrogen-bond acceptors (Lipinski definition) is 4. The minimum absolute atomic E-state index is 0.0872. The Morgan fingerprint density at radius 1 is 1.09 bits per heavy atom. The van der Waals surface area contributed by atoms with Crippen molar-refractivity contribution in [2.45, 2.75) is 46.1 Å². The quantitative estimate of drug-likeness (QED) is 0.335. The van der Waals surface area contributed by atoms with E-state index in [0.29, 0.717) is 25.6 Å². The lowest BCUT2D eigenvalue weighted by Gasteiger charge is -2.17. The Labute approximate surface area is 190 Å². The third kappa shape index (κ3) is 7.13. The molecule has 0 spiro atoms. The number of ether oxygens (including phenoxy) is 1. The normalized spacial score (nSPS) is 12.6. The molecular weight excluding hydrogens is 402 g/mol. The number of hydrogen-bond donors (Lipinski definition) is 3. The fourth-order valence-corrected chi connectivity index (χ4v) is 3.32. The summed E-state index contributed by atoms with van der Waals surface area (Å²) in [6.07, 6.45) is 3.14. The first-order valence-corrected chi connectivity index (χ1v) is 11.1. The molecule has 7 nitrogen and oxygen atoms in total. The number of aliphatic hydroxyl groups excluding tert-OH is 1. The Balaban J connectivity index is 1.63. The van der Waals surface area contributed by atoms with Crippen LogP contribution in [0.3, 0.4) is 0 Å². The smallest absolute Gasteiger partial charge is 0.191 e. The number of guanidine groups is 1. The van der Waals surface area contributed by atoms with E-state index in [4.69, 9.17) is 9.73 Å². The average Bonchev–Trinajstić information content (AvgIpc) is 3.29. The zero-order valence-corrected chi connectivity index (χ0v) is 19.0. The molecule has 3 N–H and O–H groups in total. The summed E-state index contributed by atoms with van der Waals surface area (Å²) >= 11 is 0. The molecule has 3 aromatic rings. The topological polar surface area (TPSA) is 83.7 Å². The van der Waals surface area contributed by atoms with Gasteiger partial charge in [-0.3, -0.25) is 4.68 Å². The second kappa shape index (κ2) is 11.9. The molecule has 0 amide bonds. The number of rotatable bonds is 10. The van der Waals surface area contributed by atoms with E-state index in [-0.39, 0.29) is 6.10 Å². The lowest BCUT2D eigenvalue weighted by molar-refractivity contribution is 0.179. The maximum atomic E-state index is 10.7. The first-order valence-electron chi connectivity index (χ1n) is 11.1. The van der Waals surface area contributed by atoms with Gasteiger partial charge in [0.25, 0.3) is 0 Å². The van der Waals surface area contributed by atoms with Gasteiger partial charge < -0.3 is 20.5 Å². The van der Waals surface area contributed by atoms with Crippen LogP contribution in [0.15, 0.2) is 72.0 Å². The highest BCUT2D eigenvalue weighted by Crippen LogP contribution is 2.20. The van der Waals surface area contributed by atoms with E-state index < -0.39 is 6.10 Å². The molecule has 0 aliphatic heterocycles. The van der Waals surface area contributed by atoms with Crippen LogP contribution in [0.5, 0.6) is 5.75 Å². The number of benzene rings is 2. The minimum atomic E-state index is -0.679. The van der Waals surface area contributed by atoms with Crippen molar-refractivity contribution in [2.24, 2.45) is 4.99 Å². The van der Waals surface area contributed by atoms with Crippen LogP contribution in [0.2, 0.25) is 0 Å². The molecule has 0 saturated heterocycles. The Morgan fingerprint density at radius 3 is 2.62 bits per heavy atom. The van der Waals surface area contributed by atoms with Crippen LogP contribution in [0, 0.1) is 0 Å². The number of aliphatic imine (C=N–C) groups is 1. The number of nitrogens with one attached hydrogen (secondary N) is 2. The fourth-order valence-electron chi connectivity index (χ4n) is 3.32. The van der Waals surface area contributed by atoms with E-state index in [0.717, 1.165) is 23.4 Å². The average molecular weight is 436 g/mol. The predicted molar refractivity (Wildman–Crippen MR) is 128 cm³/mol. The summed E-state index contributed by atoms with van der Waals surface area (Å²) in [5, 5.41) is 21.4. The predicted octanol–water partition coefficient (Wildman–Crippen LogP) is 3.51. The fraction of sp³-hybridized carbons (Fsp3) is 0.360. The van der Waals surface area contributed by atoms with Gasteiger partial charge in [0.2, 0.25) is 0 Å². The summed E-state index contributed by atoms with van der Waals surface area (Å²) in [5.41, 5.74) is 3.12. The second-order valence-electron chi connectivity index (χ2n) is 7.80. The van der Waals surface area contributed by atoms with Crippen molar-refractivity contribution in [2.75, 3.05) is 13.1 Å². The molecule has 0 fully saturated rings. The molecule has 0 aliphatic rings. The van der Waals surface area contributed by atoms with Crippen LogP contribution < -0.4 is 15.4 Å². The van der Waals surface area contributed by atoms with Crippen molar-refractivity contribution >= 4 is 5.96 Å². The summed E-state index contributed by atoms with van der Waals surface area (Å²) in [6, 6.07) is 17.7. The standard InChI is InChI=1S/C25H33N5O2/c1-4-26-25(28-17-24(31)20-11-7-12-23(15-20)32-19(2)3)27-16-21-9-5-6-10-22(21)18-30-14-8-13-29-30/h5-15,19,24,31H,4,16-18H2,1-3H3,(H2,26,27,28). The third-order valence-electron chi connectivity index (χ3n) is 4.84. The molecule has 1 heterocycles. The number of aliphatic hydroxyl groups is 1. The molecular formula is C25H33N5O2. The lowest BCUT2D eigenvalue weighted by Crippen LogP contribution is -2.39. The van der Waals surface area contributed by atoms with Gasteiger partial charge in [0, 0.05) is 25.5 Å². The van der Waals surface area contributed by atoms with Gasteiger partial charge in [-0.15, -0.1) is 0 Å². The van der Waals surface area contributed by atoms with E-state index in [1.54, 1.807) is 6.20 Å². The van der Waals surface area contributed by atoms with E-state index in [2.05, 4.69) is 27.9 Å². The van der Waals surface area contributed by atoms with Crippen molar-refractivity contribution < 1.29 is 9.84 Å². The Morgan fingerprint density at radius 2 is 1.91 bits per heavy atom. The molecule has 3 rings (SSSR count). The SMILES string of the molecule is CCNC(=NCc1ccccc1Cn1cccn1)NCC(O)c1cccc(OC(C)C)c1. The van der Waals surface area contributed by atoms with Crippen LogP contribution >= 0.6 is 0 Å². The highest BCUT2D eigenvalue weighted by molar-refractivity contribution is 5.79. The van der Waals surface area contributed by atoms with Gasteiger partial charge >= 0.3 is 0 Å². The molecule has 2 aromatic carbocycles. The second-order valence-corrected chi connectivity index (χ2v) is 7.80. The highest BCUT2D eigenvalue weighted by Gasteiger charge is 2.11. The van der Waals surface area contributed by atoms with E-state index in [9.17, 15) is 5.11 Å². The number of nitrogens with zero attached hydrogens (tertiary/aromatic N) is 3. The molecule has 170 valence electrons. The monoisotopic (exact) mass is 435 g/mol. The molecule has 0 bridgehead atoms. The van der Waals surface area contributed by atoms with Crippen molar-refractivity contribution in [3.05, 3.63) is 83.7 Å². The summed E-state index contributed by atoms with van der Waals surface area (Å²) in [4.78, 5) is 4.73. The van der Waals surface area contributed by atoms with E-state index in [1.165, 1.54) is 5.56 Å². The zero-order chi connectivity index (χ0) is 22.8. The molecule has 0 radical (unpaired) electrons. The molecule has 7 heteroatoms. The zero-order valence-electron chi connectivity index (χ0n) is 19.0. The van der Waals surface area contributed by atoms with Crippen LogP contribution in [0.4, 0.5) is 0 Å². The van der Waals surface area contributed by atoms with Crippen LogP contribution in [0.1, 0.15) is 43.6 Å². The largest absolute Gasteiger partial charge is 0.491 e. The summed E-state index contributed by atoms with van der Waals surface area (Å²) in [6.45, 7) is 8.29. The van der Waals surface area contributed by atoms with Gasteiger partial charge in [0.15, 0.2) is 5.96 Å². The van der Waals surface area contributed by atoms with Gasteiger partial charge in [0.05, 0.1) is 25.3 Å². The van der Waals surface area contributed by atoms with E-state index >= 15 is 0 Å². The van der Waals surface area contributed by atoms with E-state index in [1.807, 2.05) is 74.1 Å². The van der Waals surface area contributed by atoms with Gasteiger partial charge in [0.1, 0.15) is 5.75 Å². The molecule has 1 atom stereocenters. The van der Waals surface area contributed by atoms with Crippen LogP contribution in [-0.4, -0.2) is 40.0 Å². The summed E-state index contributed by atoms with van der Waals surface area (Å²) in [7, 11) is 0. The maximum absolute atomic E-state index is 10.7. The Hall–Kier alpha value is -3.32. The molecule has 0 aliphatic carbocycles. The van der Waals surface area contributed by atoms with Gasteiger partial charge in [-0.1, -0.05) is 36.4 Å².